The van der Waals surface area contributed by atoms with Crippen LogP contribution in [-0.2, 0) is 0 Å². The number of aryl methyl sites for hydroxylation is 3. The second-order valence-corrected chi connectivity index (χ2v) is 6.35. The van der Waals surface area contributed by atoms with E-state index in [0.29, 0.717) is 0 Å². The molecule has 0 amide bonds. The maximum atomic E-state index is 6.23. The summed E-state index contributed by atoms with van der Waals surface area (Å²) >= 11 is 12.5. The molecule has 2 aromatic carbocycles. The van der Waals surface area contributed by atoms with Crippen molar-refractivity contribution in [2.75, 3.05) is 6.54 Å². The van der Waals surface area contributed by atoms with Gasteiger partial charge in [0, 0.05) is 10.0 Å². The van der Waals surface area contributed by atoms with E-state index in [2.05, 4.69) is 38.2 Å². The molecule has 112 valence electrons. The van der Waals surface area contributed by atoms with Crippen molar-refractivity contribution in [1.29, 1.82) is 0 Å². The lowest BCUT2D eigenvalue weighted by atomic mass is 9.92. The lowest BCUT2D eigenvalue weighted by Gasteiger charge is -2.22. The van der Waals surface area contributed by atoms with Gasteiger partial charge in [-0.25, -0.2) is 0 Å². The summed E-state index contributed by atoms with van der Waals surface area (Å²) in [6, 6.07) is 10.5. The number of rotatable bonds is 4. The molecule has 1 atom stereocenters. The minimum Gasteiger partial charge on any atom is -0.307 e. The first kappa shape index (κ1) is 16.4. The van der Waals surface area contributed by atoms with Crippen LogP contribution in [0.5, 0.6) is 0 Å². The zero-order valence-electron chi connectivity index (χ0n) is 12.9. The highest BCUT2D eigenvalue weighted by atomic mass is 35.5. The van der Waals surface area contributed by atoms with Crippen LogP contribution in [-0.4, -0.2) is 6.54 Å². The van der Waals surface area contributed by atoms with E-state index in [4.69, 9.17) is 23.2 Å². The van der Waals surface area contributed by atoms with E-state index in [1.165, 1.54) is 22.3 Å². The van der Waals surface area contributed by atoms with Crippen molar-refractivity contribution in [3.63, 3.8) is 0 Å². The van der Waals surface area contributed by atoms with E-state index in [0.717, 1.165) is 22.2 Å². The summed E-state index contributed by atoms with van der Waals surface area (Å²) in [5, 5.41) is 5.14. The van der Waals surface area contributed by atoms with Crippen LogP contribution in [0.3, 0.4) is 0 Å². The summed E-state index contributed by atoms with van der Waals surface area (Å²) in [4.78, 5) is 0. The normalized spacial score (nSPS) is 12.5. The zero-order valence-corrected chi connectivity index (χ0v) is 14.4. The Kier molecular flexibility index (Phi) is 5.32. The molecule has 0 radical (unpaired) electrons. The van der Waals surface area contributed by atoms with Crippen LogP contribution in [0.2, 0.25) is 10.0 Å². The fraction of sp³-hybridized carbons (Fsp3) is 0.333. The lowest BCUT2D eigenvalue weighted by molar-refractivity contribution is 0.627. The second kappa shape index (κ2) is 6.83. The Hall–Kier alpha value is -1.02. The maximum Gasteiger partial charge on any atom is 0.0579 e. The fourth-order valence-corrected chi connectivity index (χ4v) is 3.17. The molecule has 0 saturated heterocycles. The van der Waals surface area contributed by atoms with Crippen molar-refractivity contribution in [3.8, 4) is 0 Å². The van der Waals surface area contributed by atoms with Gasteiger partial charge < -0.3 is 5.32 Å². The zero-order chi connectivity index (χ0) is 15.6. The van der Waals surface area contributed by atoms with Crippen LogP contribution in [0.15, 0.2) is 30.3 Å². The molecule has 0 fully saturated rings. The van der Waals surface area contributed by atoms with E-state index in [9.17, 15) is 0 Å². The maximum absolute atomic E-state index is 6.23. The van der Waals surface area contributed by atoms with E-state index < -0.39 is 0 Å². The Labute approximate surface area is 137 Å². The molecule has 0 aliphatic carbocycles. The minimum absolute atomic E-state index is 0.128. The molecular weight excluding hydrogens is 301 g/mol. The SMILES string of the molecule is CCNC(c1cc(C)cc(Cl)c1)c1cc(C)c(Cl)cc1C. The first-order valence-corrected chi connectivity index (χ1v) is 7.95. The molecule has 3 heteroatoms. The average molecular weight is 322 g/mol. The molecule has 0 aliphatic heterocycles. The van der Waals surface area contributed by atoms with Gasteiger partial charge in [0.15, 0.2) is 0 Å². The molecule has 1 N–H and O–H groups in total. The molecular formula is C18H21Cl2N. The van der Waals surface area contributed by atoms with E-state index in [1.54, 1.807) is 0 Å². The topological polar surface area (TPSA) is 12.0 Å². The van der Waals surface area contributed by atoms with Crippen LogP contribution in [0, 0.1) is 20.8 Å². The summed E-state index contributed by atoms with van der Waals surface area (Å²) < 4.78 is 0. The average Bonchev–Trinajstić information content (AvgIpc) is 2.39. The van der Waals surface area contributed by atoms with Crippen LogP contribution in [0.4, 0.5) is 0 Å². The van der Waals surface area contributed by atoms with Gasteiger partial charge in [-0.15, -0.1) is 0 Å². The van der Waals surface area contributed by atoms with E-state index >= 15 is 0 Å². The van der Waals surface area contributed by atoms with Crippen molar-refractivity contribution >= 4 is 23.2 Å². The molecule has 1 unspecified atom stereocenters. The van der Waals surface area contributed by atoms with E-state index in [1.807, 2.05) is 25.1 Å². The minimum atomic E-state index is 0.128. The molecule has 0 aromatic heterocycles. The summed E-state index contributed by atoms with van der Waals surface area (Å²) in [6.07, 6.45) is 0. The van der Waals surface area contributed by atoms with E-state index in [-0.39, 0.29) is 6.04 Å². The highest BCUT2D eigenvalue weighted by molar-refractivity contribution is 6.31. The van der Waals surface area contributed by atoms with Gasteiger partial charge in [0.25, 0.3) is 0 Å². The lowest BCUT2D eigenvalue weighted by Crippen LogP contribution is -2.23. The molecule has 2 aromatic rings. The highest BCUT2D eigenvalue weighted by Crippen LogP contribution is 2.31. The van der Waals surface area contributed by atoms with Crippen LogP contribution < -0.4 is 5.32 Å². The van der Waals surface area contributed by atoms with Crippen molar-refractivity contribution in [2.45, 2.75) is 33.7 Å². The quantitative estimate of drug-likeness (QED) is 0.770. The number of halogens is 2. The van der Waals surface area contributed by atoms with Crippen molar-refractivity contribution < 1.29 is 0 Å². The summed E-state index contributed by atoms with van der Waals surface area (Å²) in [7, 11) is 0. The number of hydrogen-bond donors (Lipinski definition) is 1. The summed E-state index contributed by atoms with van der Waals surface area (Å²) in [5.41, 5.74) is 5.89. The third-order valence-electron chi connectivity index (χ3n) is 3.66. The van der Waals surface area contributed by atoms with Crippen LogP contribution in [0.25, 0.3) is 0 Å². The van der Waals surface area contributed by atoms with Gasteiger partial charge >= 0.3 is 0 Å². The Morgan fingerprint density at radius 2 is 1.67 bits per heavy atom. The van der Waals surface area contributed by atoms with Gasteiger partial charge in [-0.1, -0.05) is 42.3 Å². The van der Waals surface area contributed by atoms with Gasteiger partial charge in [0.05, 0.1) is 6.04 Å². The van der Waals surface area contributed by atoms with Crippen LogP contribution in [0.1, 0.15) is 40.8 Å². The third-order valence-corrected chi connectivity index (χ3v) is 4.29. The first-order chi connectivity index (χ1) is 9.92. The monoisotopic (exact) mass is 321 g/mol. The molecule has 1 nitrogen and oxygen atoms in total. The Morgan fingerprint density at radius 3 is 2.29 bits per heavy atom. The van der Waals surface area contributed by atoms with Gasteiger partial charge in [0.2, 0.25) is 0 Å². The first-order valence-electron chi connectivity index (χ1n) is 7.19. The third kappa shape index (κ3) is 3.79. The predicted octanol–water partition coefficient (Wildman–Crippen LogP) is 5.62. The standard InChI is InChI=1S/C18H21Cl2N/c1-5-21-18(14-6-11(2)7-15(19)10-14)16-8-13(4)17(20)9-12(16)3/h6-10,18,21H,5H2,1-4H3. The largest absolute Gasteiger partial charge is 0.307 e. The molecule has 0 spiro atoms. The van der Waals surface area contributed by atoms with Gasteiger partial charge in [-0.3, -0.25) is 0 Å². The predicted molar refractivity (Wildman–Crippen MR) is 92.6 cm³/mol. The van der Waals surface area contributed by atoms with Crippen molar-refractivity contribution in [1.82, 2.24) is 5.32 Å². The molecule has 0 saturated carbocycles. The highest BCUT2D eigenvalue weighted by Gasteiger charge is 2.17. The molecule has 21 heavy (non-hydrogen) atoms. The second-order valence-electron chi connectivity index (χ2n) is 5.51. The number of nitrogens with one attached hydrogen (secondary N) is 1. The molecule has 0 aliphatic rings. The molecule has 0 heterocycles. The fourth-order valence-electron chi connectivity index (χ4n) is 2.66. The Morgan fingerprint density at radius 1 is 0.952 bits per heavy atom. The van der Waals surface area contributed by atoms with Crippen molar-refractivity contribution in [3.05, 3.63) is 68.2 Å². The van der Waals surface area contributed by atoms with Gasteiger partial charge in [-0.2, -0.15) is 0 Å². The van der Waals surface area contributed by atoms with Gasteiger partial charge in [0.1, 0.15) is 0 Å². The summed E-state index contributed by atoms with van der Waals surface area (Å²) in [5.74, 6) is 0. The Balaban J connectivity index is 2.55. The summed E-state index contributed by atoms with van der Waals surface area (Å²) in [6.45, 7) is 9.21. The Bertz CT molecular complexity index is 630. The smallest absolute Gasteiger partial charge is 0.0579 e. The number of benzene rings is 2. The molecule has 2 rings (SSSR count). The molecule has 0 bridgehead atoms. The van der Waals surface area contributed by atoms with Crippen LogP contribution >= 0.6 is 23.2 Å². The van der Waals surface area contributed by atoms with Crippen molar-refractivity contribution in [2.24, 2.45) is 0 Å². The van der Waals surface area contributed by atoms with Gasteiger partial charge in [-0.05, 0) is 73.3 Å². The number of hydrogen-bond acceptors (Lipinski definition) is 1.